The van der Waals surface area contributed by atoms with Crippen LogP contribution in [0.15, 0.2) is 22.7 Å². The molecule has 11 heteroatoms. The molecule has 2 unspecified atom stereocenters. The van der Waals surface area contributed by atoms with Crippen LogP contribution in [-0.4, -0.2) is 71.1 Å². The van der Waals surface area contributed by atoms with E-state index in [2.05, 4.69) is 15.5 Å². The van der Waals surface area contributed by atoms with Gasteiger partial charge in [-0.1, -0.05) is 18.0 Å². The van der Waals surface area contributed by atoms with Crippen molar-refractivity contribution in [3.63, 3.8) is 0 Å². The normalized spacial score (nSPS) is 20.2. The van der Waals surface area contributed by atoms with Gasteiger partial charge in [0.05, 0.1) is 25.8 Å². The molecule has 4 rings (SSSR count). The monoisotopic (exact) mass is 471 g/mol. The van der Waals surface area contributed by atoms with Crippen molar-refractivity contribution in [3.05, 3.63) is 29.9 Å². The van der Waals surface area contributed by atoms with Crippen LogP contribution in [0.5, 0.6) is 11.5 Å². The number of aromatic nitrogens is 2. The standard InChI is InChI=1S/C23H29N5O6/c1-14-24-21(34-26-14)10-11-27-22(30)16-6-4-5-7-18(16)28(23(27)31)13-20(29)25-17-12-15(32-2)8-9-19(17)33-3/h8-9,12,16,18H,4-7,10-11,13H2,1-3H3,(H,25,29). The molecule has 182 valence electrons. The maximum atomic E-state index is 13.4. The van der Waals surface area contributed by atoms with Crippen LogP contribution in [0.25, 0.3) is 0 Å². The van der Waals surface area contributed by atoms with Crippen LogP contribution >= 0.6 is 0 Å². The molecule has 1 saturated carbocycles. The second-order valence-electron chi connectivity index (χ2n) is 8.46. The Hall–Kier alpha value is -3.63. The Labute approximate surface area is 197 Å². The maximum absolute atomic E-state index is 13.4. The second kappa shape index (κ2) is 10.1. The zero-order valence-electron chi connectivity index (χ0n) is 19.6. The summed E-state index contributed by atoms with van der Waals surface area (Å²) in [5.74, 6) is 0.980. The Balaban J connectivity index is 1.51. The van der Waals surface area contributed by atoms with E-state index in [9.17, 15) is 14.4 Å². The fourth-order valence-electron chi connectivity index (χ4n) is 4.66. The quantitative estimate of drug-likeness (QED) is 0.622. The van der Waals surface area contributed by atoms with Gasteiger partial charge < -0.3 is 24.2 Å². The highest BCUT2D eigenvalue weighted by Crippen LogP contribution is 2.35. The van der Waals surface area contributed by atoms with Gasteiger partial charge in [0.15, 0.2) is 5.82 Å². The van der Waals surface area contributed by atoms with Crippen molar-refractivity contribution < 1.29 is 28.4 Å². The van der Waals surface area contributed by atoms with E-state index in [1.54, 1.807) is 25.1 Å². The number of nitrogens with zero attached hydrogens (tertiary/aromatic N) is 4. The summed E-state index contributed by atoms with van der Waals surface area (Å²) in [4.78, 5) is 46.4. The van der Waals surface area contributed by atoms with Crippen molar-refractivity contribution >= 4 is 23.5 Å². The molecule has 1 saturated heterocycles. The van der Waals surface area contributed by atoms with E-state index in [1.807, 2.05) is 0 Å². The molecule has 11 nitrogen and oxygen atoms in total. The molecule has 1 aromatic heterocycles. The van der Waals surface area contributed by atoms with Gasteiger partial charge in [0.1, 0.15) is 18.0 Å². The van der Waals surface area contributed by atoms with Gasteiger partial charge in [-0.3, -0.25) is 14.5 Å². The number of aryl methyl sites for hydroxylation is 1. The van der Waals surface area contributed by atoms with Crippen molar-refractivity contribution in [1.29, 1.82) is 0 Å². The highest BCUT2D eigenvalue weighted by molar-refractivity contribution is 6.02. The highest BCUT2D eigenvalue weighted by Gasteiger charge is 2.47. The Morgan fingerprint density at radius 2 is 2.00 bits per heavy atom. The lowest BCUT2D eigenvalue weighted by Crippen LogP contribution is -2.63. The maximum Gasteiger partial charge on any atom is 0.327 e. The van der Waals surface area contributed by atoms with Crippen LogP contribution in [0.3, 0.4) is 0 Å². The molecule has 1 aliphatic heterocycles. The minimum atomic E-state index is -0.475. The van der Waals surface area contributed by atoms with Gasteiger partial charge in [-0.25, -0.2) is 4.79 Å². The molecule has 1 aliphatic carbocycles. The zero-order valence-corrected chi connectivity index (χ0v) is 19.6. The van der Waals surface area contributed by atoms with Crippen molar-refractivity contribution in [2.24, 2.45) is 5.92 Å². The van der Waals surface area contributed by atoms with Crippen LogP contribution in [0, 0.1) is 12.8 Å². The molecule has 0 bridgehead atoms. The highest BCUT2D eigenvalue weighted by atomic mass is 16.5. The summed E-state index contributed by atoms with van der Waals surface area (Å²) in [6.45, 7) is 1.64. The number of carbonyl (C=O) groups is 3. The molecule has 0 spiro atoms. The Kier molecular flexibility index (Phi) is 6.99. The molecule has 2 aromatic rings. The number of anilines is 1. The summed E-state index contributed by atoms with van der Waals surface area (Å²) in [5.41, 5.74) is 0.441. The van der Waals surface area contributed by atoms with Crippen molar-refractivity contribution in [1.82, 2.24) is 19.9 Å². The summed E-state index contributed by atoms with van der Waals surface area (Å²) < 4.78 is 15.7. The Bertz CT molecular complexity index is 1070. The number of fused-ring (bicyclic) bond motifs is 1. The molecule has 1 aromatic carbocycles. The number of nitrogens with one attached hydrogen (secondary N) is 1. The molecule has 4 amide bonds. The minimum Gasteiger partial charge on any atom is -0.497 e. The lowest BCUT2D eigenvalue weighted by atomic mass is 9.81. The van der Waals surface area contributed by atoms with Crippen molar-refractivity contribution in [2.75, 3.05) is 32.6 Å². The van der Waals surface area contributed by atoms with Gasteiger partial charge in [-0.2, -0.15) is 4.98 Å². The van der Waals surface area contributed by atoms with Crippen LogP contribution in [0.2, 0.25) is 0 Å². The number of rotatable bonds is 8. The third-order valence-electron chi connectivity index (χ3n) is 6.30. The van der Waals surface area contributed by atoms with Gasteiger partial charge >= 0.3 is 6.03 Å². The number of carbonyl (C=O) groups excluding carboxylic acids is 3. The van der Waals surface area contributed by atoms with E-state index in [0.717, 1.165) is 12.8 Å². The topological polar surface area (TPSA) is 127 Å². The fraction of sp³-hybridized carbons (Fsp3) is 0.522. The average Bonchev–Trinajstić information content (AvgIpc) is 3.26. The largest absolute Gasteiger partial charge is 0.497 e. The van der Waals surface area contributed by atoms with E-state index in [-0.39, 0.29) is 43.3 Å². The number of amides is 4. The molecule has 2 fully saturated rings. The molecule has 34 heavy (non-hydrogen) atoms. The first-order valence-electron chi connectivity index (χ1n) is 11.3. The lowest BCUT2D eigenvalue weighted by Gasteiger charge is -2.46. The smallest absolute Gasteiger partial charge is 0.327 e. The van der Waals surface area contributed by atoms with Gasteiger partial charge in [0, 0.05) is 25.1 Å². The first-order chi connectivity index (χ1) is 16.4. The number of urea groups is 1. The zero-order chi connectivity index (χ0) is 24.2. The fourth-order valence-corrected chi connectivity index (χ4v) is 4.66. The van der Waals surface area contributed by atoms with E-state index < -0.39 is 6.03 Å². The minimum absolute atomic E-state index is 0.115. The number of imide groups is 1. The van der Waals surface area contributed by atoms with Crippen molar-refractivity contribution in [3.8, 4) is 11.5 Å². The third kappa shape index (κ3) is 4.82. The van der Waals surface area contributed by atoms with Crippen LogP contribution in [-0.2, 0) is 16.0 Å². The first-order valence-corrected chi connectivity index (χ1v) is 11.3. The number of hydrogen-bond donors (Lipinski definition) is 1. The molecular formula is C23H29N5O6. The number of ether oxygens (including phenoxy) is 2. The average molecular weight is 472 g/mol. The predicted octanol–water partition coefficient (Wildman–Crippen LogP) is 2.40. The lowest BCUT2D eigenvalue weighted by molar-refractivity contribution is -0.141. The van der Waals surface area contributed by atoms with Gasteiger partial charge in [0.25, 0.3) is 0 Å². The van der Waals surface area contributed by atoms with Crippen molar-refractivity contribution in [2.45, 2.75) is 45.1 Å². The van der Waals surface area contributed by atoms with E-state index >= 15 is 0 Å². The van der Waals surface area contributed by atoms with Gasteiger partial charge in [-0.15, -0.1) is 0 Å². The number of methoxy groups -OCH3 is 2. The number of benzene rings is 1. The molecule has 1 N–H and O–H groups in total. The molecule has 2 atom stereocenters. The summed E-state index contributed by atoms with van der Waals surface area (Å²) in [5, 5.41) is 6.56. The molecular weight excluding hydrogens is 442 g/mol. The Morgan fingerprint density at radius 3 is 2.71 bits per heavy atom. The van der Waals surface area contributed by atoms with Crippen LogP contribution in [0.4, 0.5) is 10.5 Å². The van der Waals surface area contributed by atoms with E-state index in [1.165, 1.54) is 24.0 Å². The van der Waals surface area contributed by atoms with Gasteiger partial charge in [-0.05, 0) is 31.9 Å². The molecule has 2 heterocycles. The SMILES string of the molecule is COc1ccc(OC)c(NC(=O)CN2C(=O)N(CCc3nc(C)no3)C(=O)C3CCCCC32)c1. The summed E-state index contributed by atoms with van der Waals surface area (Å²) in [7, 11) is 3.04. The predicted molar refractivity (Wildman–Crippen MR) is 120 cm³/mol. The number of hydrogen-bond acceptors (Lipinski definition) is 8. The summed E-state index contributed by atoms with van der Waals surface area (Å²) in [6.07, 6.45) is 3.46. The van der Waals surface area contributed by atoms with Crippen LogP contribution < -0.4 is 14.8 Å². The summed E-state index contributed by atoms with van der Waals surface area (Å²) >= 11 is 0. The molecule has 0 radical (unpaired) electrons. The van der Waals surface area contributed by atoms with E-state index in [4.69, 9.17) is 14.0 Å². The molecule has 2 aliphatic rings. The first kappa shape index (κ1) is 23.5. The Morgan fingerprint density at radius 1 is 1.21 bits per heavy atom. The van der Waals surface area contributed by atoms with E-state index in [0.29, 0.717) is 41.7 Å². The summed E-state index contributed by atoms with van der Waals surface area (Å²) in [6, 6.07) is 4.30. The van der Waals surface area contributed by atoms with Crippen LogP contribution in [0.1, 0.15) is 37.4 Å². The third-order valence-corrected chi connectivity index (χ3v) is 6.30. The van der Waals surface area contributed by atoms with Gasteiger partial charge in [0.2, 0.25) is 17.7 Å². The second-order valence-corrected chi connectivity index (χ2v) is 8.46.